The molecule has 0 aromatic heterocycles. The minimum Gasteiger partial charge on any atom is -0.480 e. The van der Waals surface area contributed by atoms with Crippen LogP contribution in [0.4, 0.5) is 4.39 Å². The quantitative estimate of drug-likeness (QED) is 0.855. The molecule has 0 radical (unpaired) electrons. The van der Waals surface area contributed by atoms with Gasteiger partial charge in [0.25, 0.3) is 0 Å². The van der Waals surface area contributed by atoms with Crippen LogP contribution in [0.2, 0.25) is 5.02 Å². The van der Waals surface area contributed by atoms with E-state index >= 15 is 0 Å². The Balaban J connectivity index is 2.93. The molecule has 94 valence electrons. The molecule has 0 aliphatic rings. The van der Waals surface area contributed by atoms with Crippen molar-refractivity contribution in [1.82, 2.24) is 5.32 Å². The summed E-state index contributed by atoms with van der Waals surface area (Å²) < 4.78 is 13.7. The Bertz CT molecular complexity index is 409. The first-order valence-corrected chi connectivity index (χ1v) is 5.69. The highest BCUT2D eigenvalue weighted by Gasteiger charge is 2.19. The van der Waals surface area contributed by atoms with Gasteiger partial charge < -0.3 is 5.11 Å². The summed E-state index contributed by atoms with van der Waals surface area (Å²) in [7, 11) is 0. The maximum Gasteiger partial charge on any atom is 0.317 e. The van der Waals surface area contributed by atoms with Gasteiger partial charge in [-0.2, -0.15) is 0 Å². The van der Waals surface area contributed by atoms with E-state index in [1.54, 1.807) is 12.1 Å². The van der Waals surface area contributed by atoms with Gasteiger partial charge in [-0.05, 0) is 18.1 Å². The van der Waals surface area contributed by atoms with Crippen LogP contribution in [0.15, 0.2) is 18.2 Å². The lowest BCUT2D eigenvalue weighted by molar-refractivity contribution is -0.136. The number of carbonyl (C=O) groups is 1. The molecule has 1 rings (SSSR count). The normalized spacial score (nSPS) is 12.8. The van der Waals surface area contributed by atoms with Crippen LogP contribution < -0.4 is 5.32 Å². The molecule has 0 heterocycles. The molecule has 0 fully saturated rings. The van der Waals surface area contributed by atoms with Crippen molar-refractivity contribution in [2.75, 3.05) is 6.54 Å². The van der Waals surface area contributed by atoms with E-state index in [0.29, 0.717) is 10.6 Å². The summed E-state index contributed by atoms with van der Waals surface area (Å²) in [5.41, 5.74) is 0.436. The molecule has 0 saturated heterocycles. The fourth-order valence-electron chi connectivity index (χ4n) is 1.66. The van der Waals surface area contributed by atoms with Crippen molar-refractivity contribution in [1.29, 1.82) is 0 Å². The van der Waals surface area contributed by atoms with Gasteiger partial charge in [-0.1, -0.05) is 31.5 Å². The molecule has 3 nitrogen and oxygen atoms in total. The number of benzene rings is 1. The van der Waals surface area contributed by atoms with Gasteiger partial charge in [0.15, 0.2) is 0 Å². The van der Waals surface area contributed by atoms with E-state index in [-0.39, 0.29) is 18.5 Å². The molecule has 17 heavy (non-hydrogen) atoms. The molecule has 1 aromatic rings. The second-order valence-corrected chi connectivity index (χ2v) is 4.60. The van der Waals surface area contributed by atoms with Gasteiger partial charge in [0.2, 0.25) is 0 Å². The van der Waals surface area contributed by atoms with Crippen molar-refractivity contribution in [3.05, 3.63) is 34.6 Å². The topological polar surface area (TPSA) is 49.3 Å². The average Bonchev–Trinajstić information content (AvgIpc) is 2.20. The number of carboxylic acids is 1. The Morgan fingerprint density at radius 2 is 2.18 bits per heavy atom. The van der Waals surface area contributed by atoms with Gasteiger partial charge in [-0.25, -0.2) is 4.39 Å². The van der Waals surface area contributed by atoms with E-state index in [2.05, 4.69) is 5.32 Å². The minimum atomic E-state index is -0.968. The average molecular weight is 260 g/mol. The molecule has 0 saturated carbocycles. The third-order valence-electron chi connectivity index (χ3n) is 2.44. The Labute approximate surface area is 105 Å². The first-order valence-electron chi connectivity index (χ1n) is 5.32. The Morgan fingerprint density at radius 3 is 2.65 bits per heavy atom. The summed E-state index contributed by atoms with van der Waals surface area (Å²) in [4.78, 5) is 10.5. The van der Waals surface area contributed by atoms with Crippen LogP contribution in [-0.2, 0) is 4.79 Å². The fraction of sp³-hybridized carbons (Fsp3) is 0.417. The van der Waals surface area contributed by atoms with Crippen molar-refractivity contribution in [2.24, 2.45) is 5.92 Å². The summed E-state index contributed by atoms with van der Waals surface area (Å²) in [6.45, 7) is 3.59. The van der Waals surface area contributed by atoms with Crippen molar-refractivity contribution in [3.63, 3.8) is 0 Å². The number of hydrogen-bond acceptors (Lipinski definition) is 2. The Kier molecular flexibility index (Phi) is 4.90. The van der Waals surface area contributed by atoms with Crippen LogP contribution in [0.1, 0.15) is 25.5 Å². The molecule has 1 unspecified atom stereocenters. The van der Waals surface area contributed by atoms with Gasteiger partial charge in [-0.15, -0.1) is 0 Å². The van der Waals surface area contributed by atoms with Gasteiger partial charge in [0.05, 0.1) is 6.54 Å². The molecule has 0 aliphatic heterocycles. The second kappa shape index (κ2) is 5.98. The zero-order valence-electron chi connectivity index (χ0n) is 9.71. The van der Waals surface area contributed by atoms with Gasteiger partial charge in [0, 0.05) is 16.6 Å². The third-order valence-corrected chi connectivity index (χ3v) is 2.67. The van der Waals surface area contributed by atoms with E-state index in [9.17, 15) is 9.18 Å². The molecule has 5 heteroatoms. The largest absolute Gasteiger partial charge is 0.480 e. The number of hydrogen-bond donors (Lipinski definition) is 2. The van der Waals surface area contributed by atoms with E-state index in [1.165, 1.54) is 6.07 Å². The minimum absolute atomic E-state index is 0.0741. The molecular formula is C12H15ClFNO2. The lowest BCUT2D eigenvalue weighted by Crippen LogP contribution is -2.31. The van der Waals surface area contributed by atoms with E-state index in [4.69, 9.17) is 16.7 Å². The zero-order valence-corrected chi connectivity index (χ0v) is 10.5. The van der Waals surface area contributed by atoms with Crippen LogP contribution in [0.3, 0.4) is 0 Å². The van der Waals surface area contributed by atoms with Crippen LogP contribution in [0, 0.1) is 11.7 Å². The fourth-order valence-corrected chi connectivity index (χ4v) is 1.81. The highest BCUT2D eigenvalue weighted by atomic mass is 35.5. The van der Waals surface area contributed by atoms with E-state index in [1.807, 2.05) is 13.8 Å². The summed E-state index contributed by atoms with van der Waals surface area (Å²) >= 11 is 5.67. The lowest BCUT2D eigenvalue weighted by atomic mass is 9.95. The molecule has 2 N–H and O–H groups in total. The van der Waals surface area contributed by atoms with E-state index < -0.39 is 11.8 Å². The van der Waals surface area contributed by atoms with Crippen LogP contribution in [0.5, 0.6) is 0 Å². The maximum atomic E-state index is 13.7. The predicted molar refractivity (Wildman–Crippen MR) is 64.6 cm³/mol. The summed E-state index contributed by atoms with van der Waals surface area (Å²) in [6, 6.07) is 4.06. The van der Waals surface area contributed by atoms with Crippen molar-refractivity contribution >= 4 is 17.6 Å². The standard InChI is InChI=1S/C12H15ClFNO2/c1-7(2)12(15-6-11(16)17)9-4-3-8(13)5-10(9)14/h3-5,7,12,15H,6H2,1-2H3,(H,16,17). The summed E-state index contributed by atoms with van der Waals surface area (Å²) in [5.74, 6) is -1.32. The van der Waals surface area contributed by atoms with Crippen molar-refractivity contribution in [3.8, 4) is 0 Å². The molecule has 0 aliphatic carbocycles. The van der Waals surface area contributed by atoms with Crippen molar-refractivity contribution < 1.29 is 14.3 Å². The number of aliphatic carboxylic acids is 1. The molecule has 1 atom stereocenters. The molecule has 0 bridgehead atoms. The van der Waals surface area contributed by atoms with E-state index in [0.717, 1.165) is 0 Å². The number of rotatable bonds is 5. The molecule has 0 amide bonds. The molecular weight excluding hydrogens is 245 g/mol. The highest BCUT2D eigenvalue weighted by Crippen LogP contribution is 2.26. The molecule has 1 aromatic carbocycles. The summed E-state index contributed by atoms with van der Waals surface area (Å²) in [6.07, 6.45) is 0. The first-order chi connectivity index (χ1) is 7.91. The SMILES string of the molecule is CC(C)C(NCC(=O)O)c1ccc(Cl)cc1F. The van der Waals surface area contributed by atoms with Crippen LogP contribution in [-0.4, -0.2) is 17.6 Å². The zero-order chi connectivity index (χ0) is 13.0. The first kappa shape index (κ1) is 13.9. The van der Waals surface area contributed by atoms with Gasteiger partial charge >= 0.3 is 5.97 Å². The number of nitrogens with one attached hydrogen (secondary N) is 1. The predicted octanol–water partition coefficient (Wildman–Crippen LogP) is 2.85. The lowest BCUT2D eigenvalue weighted by Gasteiger charge is -2.22. The maximum absolute atomic E-state index is 13.7. The number of halogens is 2. The van der Waals surface area contributed by atoms with Crippen molar-refractivity contribution in [2.45, 2.75) is 19.9 Å². The third kappa shape index (κ3) is 3.98. The Morgan fingerprint density at radius 1 is 1.53 bits per heavy atom. The van der Waals surface area contributed by atoms with Crippen LogP contribution >= 0.6 is 11.6 Å². The van der Waals surface area contributed by atoms with Crippen LogP contribution in [0.25, 0.3) is 0 Å². The van der Waals surface area contributed by atoms with Gasteiger partial charge in [-0.3, -0.25) is 10.1 Å². The molecule has 0 spiro atoms. The Hall–Kier alpha value is -1.13. The summed E-state index contributed by atoms with van der Waals surface area (Å²) in [5, 5.41) is 11.8. The smallest absolute Gasteiger partial charge is 0.317 e. The van der Waals surface area contributed by atoms with Gasteiger partial charge in [0.1, 0.15) is 5.82 Å². The number of carboxylic acid groups (broad SMARTS) is 1. The highest BCUT2D eigenvalue weighted by molar-refractivity contribution is 6.30. The second-order valence-electron chi connectivity index (χ2n) is 4.16. The monoisotopic (exact) mass is 259 g/mol.